The Kier molecular flexibility index (Phi) is 4.62. The second-order valence-corrected chi connectivity index (χ2v) is 7.08. The van der Waals surface area contributed by atoms with Crippen molar-refractivity contribution < 1.29 is 14.7 Å². The fourth-order valence-electron chi connectivity index (χ4n) is 2.47. The van der Waals surface area contributed by atoms with Crippen molar-refractivity contribution in [2.45, 2.75) is 5.37 Å². The highest BCUT2D eigenvalue weighted by molar-refractivity contribution is 8.03. The molecule has 1 aliphatic heterocycles. The van der Waals surface area contributed by atoms with Crippen LogP contribution in [-0.2, 0) is 4.79 Å². The zero-order valence-electron chi connectivity index (χ0n) is 12.4. The van der Waals surface area contributed by atoms with Crippen molar-refractivity contribution in [1.29, 1.82) is 0 Å². The second-order valence-electron chi connectivity index (χ2n) is 5.24. The molecule has 1 amide bonds. The van der Waals surface area contributed by atoms with Crippen LogP contribution < -0.4 is 5.32 Å². The number of hydrogen-bond donors (Lipinski definition) is 2. The molecule has 1 unspecified atom stereocenters. The van der Waals surface area contributed by atoms with E-state index in [4.69, 9.17) is 23.2 Å². The Morgan fingerprint density at radius 1 is 1.25 bits per heavy atom. The summed E-state index contributed by atoms with van der Waals surface area (Å²) >= 11 is 13.6. The largest absolute Gasteiger partial charge is 0.478 e. The van der Waals surface area contributed by atoms with Crippen molar-refractivity contribution in [2.75, 3.05) is 12.4 Å². The number of anilines is 1. The third-order valence-corrected chi connectivity index (χ3v) is 5.17. The maximum atomic E-state index is 12.5. The predicted octanol–water partition coefficient (Wildman–Crippen LogP) is 4.26. The van der Waals surface area contributed by atoms with Crippen LogP contribution in [-0.4, -0.2) is 34.3 Å². The van der Waals surface area contributed by atoms with Crippen LogP contribution in [0, 0.1) is 0 Å². The van der Waals surface area contributed by atoms with E-state index in [1.807, 2.05) is 5.41 Å². The summed E-state index contributed by atoms with van der Waals surface area (Å²) in [6, 6.07) is 6.04. The Morgan fingerprint density at radius 2 is 2.00 bits per heavy atom. The van der Waals surface area contributed by atoms with Crippen molar-refractivity contribution in [2.24, 2.45) is 0 Å². The summed E-state index contributed by atoms with van der Waals surface area (Å²) in [4.78, 5) is 25.6. The predicted molar refractivity (Wildman–Crippen MR) is 97.8 cm³/mol. The number of carboxylic acids is 1. The molecule has 124 valence electrons. The van der Waals surface area contributed by atoms with Gasteiger partial charge in [0.2, 0.25) is 0 Å². The first-order chi connectivity index (χ1) is 11.4. The van der Waals surface area contributed by atoms with E-state index in [0.717, 1.165) is 0 Å². The third-order valence-electron chi connectivity index (χ3n) is 3.57. The average Bonchev–Trinajstić information content (AvgIpc) is 2.92. The molecule has 2 aromatic rings. The van der Waals surface area contributed by atoms with Crippen LogP contribution in [0.3, 0.4) is 0 Å². The lowest BCUT2D eigenvalue weighted by atomic mass is 10.0. The highest BCUT2D eigenvalue weighted by Gasteiger charge is 2.25. The van der Waals surface area contributed by atoms with Gasteiger partial charge in [-0.15, -0.1) is 0 Å². The molecule has 2 aromatic carbocycles. The molecule has 0 saturated carbocycles. The van der Waals surface area contributed by atoms with Gasteiger partial charge in [-0.2, -0.15) is 0 Å². The number of fused-ring (bicyclic) bond motifs is 1. The Labute approximate surface area is 152 Å². The molecule has 1 heterocycles. The summed E-state index contributed by atoms with van der Waals surface area (Å²) in [5.41, 5.74) is 0.388. The molecule has 24 heavy (non-hydrogen) atoms. The molecule has 0 aromatic heterocycles. The highest BCUT2D eigenvalue weighted by atomic mass is 35.5. The lowest BCUT2D eigenvalue weighted by molar-refractivity contribution is -0.117. The fourth-order valence-corrected chi connectivity index (χ4v) is 3.94. The van der Waals surface area contributed by atoms with Crippen LogP contribution in [0.5, 0.6) is 0 Å². The molecule has 0 spiro atoms. The second kappa shape index (κ2) is 6.55. The number of thioether (sulfide) groups is 1. The summed E-state index contributed by atoms with van der Waals surface area (Å²) in [7, 11) is 1.79. The van der Waals surface area contributed by atoms with Crippen LogP contribution in [0.25, 0.3) is 10.8 Å². The van der Waals surface area contributed by atoms with Gasteiger partial charge < -0.3 is 15.3 Å². The Morgan fingerprint density at radius 3 is 2.62 bits per heavy atom. The number of benzene rings is 2. The van der Waals surface area contributed by atoms with E-state index in [2.05, 4.69) is 5.32 Å². The molecule has 0 aliphatic carbocycles. The lowest BCUT2D eigenvalue weighted by Gasteiger charge is -2.20. The van der Waals surface area contributed by atoms with Gasteiger partial charge in [-0.25, -0.2) is 4.79 Å². The number of rotatable bonds is 3. The van der Waals surface area contributed by atoms with E-state index in [9.17, 15) is 14.7 Å². The quantitative estimate of drug-likeness (QED) is 0.829. The first kappa shape index (κ1) is 17.0. The lowest BCUT2D eigenvalue weighted by Crippen LogP contribution is -2.34. The maximum absolute atomic E-state index is 12.5. The normalized spacial score (nSPS) is 16.6. The number of likely N-dealkylation sites (N-methyl/N-ethyl adjacent to an activating group) is 1. The number of halogens is 2. The summed E-state index contributed by atoms with van der Waals surface area (Å²) in [6.07, 6.45) is 1.80. The average molecular weight is 383 g/mol. The van der Waals surface area contributed by atoms with Gasteiger partial charge in [-0.1, -0.05) is 35.0 Å². The highest BCUT2D eigenvalue weighted by Crippen LogP contribution is 2.35. The van der Waals surface area contributed by atoms with Gasteiger partial charge in [0.15, 0.2) is 5.37 Å². The van der Waals surface area contributed by atoms with E-state index < -0.39 is 11.3 Å². The van der Waals surface area contributed by atoms with Gasteiger partial charge in [-0.3, -0.25) is 4.79 Å². The first-order valence-electron chi connectivity index (χ1n) is 6.88. The molecular formula is C16H12Cl2N2O3S. The number of aromatic carboxylic acids is 1. The zero-order valence-corrected chi connectivity index (χ0v) is 14.7. The van der Waals surface area contributed by atoms with Gasteiger partial charge in [0, 0.05) is 23.7 Å². The minimum Gasteiger partial charge on any atom is -0.478 e. The Hall–Kier alpha value is -1.89. The summed E-state index contributed by atoms with van der Waals surface area (Å²) in [5, 5.41) is 15.3. The first-order valence-corrected chi connectivity index (χ1v) is 8.57. The van der Waals surface area contributed by atoms with Crippen molar-refractivity contribution in [1.82, 2.24) is 4.90 Å². The monoisotopic (exact) mass is 382 g/mol. The van der Waals surface area contributed by atoms with Crippen molar-refractivity contribution in [3.63, 3.8) is 0 Å². The molecule has 0 bridgehead atoms. The van der Waals surface area contributed by atoms with Crippen molar-refractivity contribution >= 4 is 63.3 Å². The van der Waals surface area contributed by atoms with E-state index >= 15 is 0 Å². The number of carbonyl (C=O) groups is 2. The van der Waals surface area contributed by atoms with E-state index in [0.29, 0.717) is 26.5 Å². The van der Waals surface area contributed by atoms with Gasteiger partial charge >= 0.3 is 5.97 Å². The van der Waals surface area contributed by atoms with Crippen LogP contribution in [0.15, 0.2) is 35.9 Å². The molecule has 0 saturated heterocycles. The van der Waals surface area contributed by atoms with Crippen LogP contribution in [0.1, 0.15) is 10.4 Å². The maximum Gasteiger partial charge on any atom is 0.335 e. The number of carboxylic acid groups (broad SMARTS) is 1. The summed E-state index contributed by atoms with van der Waals surface area (Å²) in [6.45, 7) is 0. The number of amides is 1. The van der Waals surface area contributed by atoms with Crippen LogP contribution >= 0.6 is 35.0 Å². The third kappa shape index (κ3) is 3.17. The van der Waals surface area contributed by atoms with Gasteiger partial charge in [0.25, 0.3) is 5.91 Å². The van der Waals surface area contributed by atoms with Crippen LogP contribution in [0.2, 0.25) is 10.0 Å². The van der Waals surface area contributed by atoms with Crippen molar-refractivity contribution in [3.8, 4) is 0 Å². The van der Waals surface area contributed by atoms with Gasteiger partial charge in [-0.05, 0) is 35.1 Å². The fraction of sp³-hybridized carbons (Fsp3) is 0.125. The molecular weight excluding hydrogens is 371 g/mol. The zero-order chi connectivity index (χ0) is 17.4. The standard InChI is InChI=1S/C16H12Cl2N2O3S/c1-20-2-3-24-15(20)14(21)19-12-6-9(16(22)23)4-8-5-10(17)7-11(18)13(8)12/h2-7,15H,1H3,(H,19,21)(H,22,23). The van der Waals surface area contributed by atoms with Gasteiger partial charge in [0.05, 0.1) is 16.3 Å². The smallest absolute Gasteiger partial charge is 0.335 e. The van der Waals surface area contributed by atoms with Gasteiger partial charge in [0.1, 0.15) is 0 Å². The minimum absolute atomic E-state index is 0.0432. The number of nitrogens with zero attached hydrogens (tertiary/aromatic N) is 1. The van der Waals surface area contributed by atoms with Crippen molar-refractivity contribution in [3.05, 3.63) is 51.5 Å². The molecule has 1 aliphatic rings. The minimum atomic E-state index is -1.10. The molecule has 2 N–H and O–H groups in total. The molecule has 5 nitrogen and oxygen atoms in total. The molecule has 8 heteroatoms. The Bertz CT molecular complexity index is 885. The van der Waals surface area contributed by atoms with E-state index in [1.165, 1.54) is 23.9 Å². The SMILES string of the molecule is CN1C=CSC1C(=O)Nc1cc(C(=O)O)cc2cc(Cl)cc(Cl)c12. The van der Waals surface area contributed by atoms with E-state index in [1.54, 1.807) is 30.3 Å². The summed E-state index contributed by atoms with van der Waals surface area (Å²) in [5.74, 6) is -1.36. The van der Waals surface area contributed by atoms with E-state index in [-0.39, 0.29) is 11.5 Å². The number of nitrogens with one attached hydrogen (secondary N) is 1. The molecule has 3 rings (SSSR count). The topological polar surface area (TPSA) is 69.6 Å². The van der Waals surface area contributed by atoms with Crippen LogP contribution in [0.4, 0.5) is 5.69 Å². The summed E-state index contributed by atoms with van der Waals surface area (Å²) < 4.78 is 0. The Balaban J connectivity index is 2.08. The molecule has 0 fully saturated rings. The number of hydrogen-bond acceptors (Lipinski definition) is 4. The molecule has 1 atom stereocenters. The number of carbonyl (C=O) groups excluding carboxylic acids is 1. The molecule has 0 radical (unpaired) electrons.